The Morgan fingerprint density at radius 1 is 1.31 bits per heavy atom. The van der Waals surface area contributed by atoms with Crippen LogP contribution >= 0.6 is 0 Å². The molecule has 0 aliphatic heterocycles. The van der Waals surface area contributed by atoms with Gasteiger partial charge in [-0.15, -0.1) is 0 Å². The fourth-order valence-corrected chi connectivity index (χ4v) is 1.71. The number of hydrogen-bond acceptors (Lipinski definition) is 3. The Kier molecular flexibility index (Phi) is 3.60. The number of rotatable bonds is 3. The molecule has 0 saturated heterocycles. The van der Waals surface area contributed by atoms with Gasteiger partial charge in [0, 0.05) is 12.2 Å². The van der Waals surface area contributed by atoms with Crippen molar-refractivity contribution >= 4 is 15.7 Å². The van der Waals surface area contributed by atoms with E-state index in [9.17, 15) is 8.42 Å². The third-order valence-corrected chi connectivity index (χ3v) is 2.90. The monoisotopic (exact) mass is 242 g/mol. The summed E-state index contributed by atoms with van der Waals surface area (Å²) in [6, 6.07) is 6.52. The van der Waals surface area contributed by atoms with E-state index in [4.69, 9.17) is 5.14 Å². The summed E-state index contributed by atoms with van der Waals surface area (Å²) >= 11 is 0. The number of nitrogens with two attached hydrogens (primary N) is 1. The summed E-state index contributed by atoms with van der Waals surface area (Å²) in [5.41, 5.74) is 0.902. The average molecular weight is 242 g/mol. The molecule has 0 radical (unpaired) electrons. The van der Waals surface area contributed by atoms with Gasteiger partial charge in [-0.3, -0.25) is 0 Å². The van der Waals surface area contributed by atoms with Crippen LogP contribution in [-0.2, 0) is 10.0 Å². The van der Waals surface area contributed by atoms with Crippen molar-refractivity contribution in [2.24, 2.45) is 10.6 Å². The van der Waals surface area contributed by atoms with Crippen molar-refractivity contribution in [3.05, 3.63) is 24.3 Å². The predicted molar refractivity (Wildman–Crippen MR) is 65.8 cm³/mol. The summed E-state index contributed by atoms with van der Waals surface area (Å²) in [7, 11) is -3.62. The molecule has 16 heavy (non-hydrogen) atoms. The lowest BCUT2D eigenvalue weighted by atomic mass is 9.97. The van der Waals surface area contributed by atoms with Gasteiger partial charge in [0.2, 0.25) is 10.0 Å². The lowest BCUT2D eigenvalue weighted by Crippen LogP contribution is -2.19. The minimum Gasteiger partial charge on any atom is -0.384 e. The van der Waals surface area contributed by atoms with Gasteiger partial charge in [0.15, 0.2) is 0 Å². The van der Waals surface area contributed by atoms with E-state index in [1.165, 1.54) is 6.07 Å². The van der Waals surface area contributed by atoms with Crippen LogP contribution in [0.25, 0.3) is 0 Å². The quantitative estimate of drug-likeness (QED) is 0.848. The standard InChI is InChI=1S/C11H18N2O2S/c1-11(2,3)8-13-9-5-4-6-10(7-9)16(12,14)15/h4-7,13H,8H2,1-3H3,(H2,12,14,15). The molecule has 0 atom stereocenters. The first-order valence-corrected chi connectivity index (χ1v) is 6.60. The molecule has 1 rings (SSSR count). The van der Waals surface area contributed by atoms with Crippen LogP contribution in [0.5, 0.6) is 0 Å². The summed E-state index contributed by atoms with van der Waals surface area (Å²) in [4.78, 5) is 0.131. The fraction of sp³-hybridized carbons (Fsp3) is 0.455. The van der Waals surface area contributed by atoms with Gasteiger partial charge in [-0.25, -0.2) is 13.6 Å². The molecule has 0 spiro atoms. The zero-order chi connectivity index (χ0) is 12.4. The Balaban J connectivity index is 2.84. The lowest BCUT2D eigenvalue weighted by Gasteiger charge is -2.19. The molecule has 1 aromatic carbocycles. The maximum atomic E-state index is 11.1. The van der Waals surface area contributed by atoms with Gasteiger partial charge >= 0.3 is 0 Å². The smallest absolute Gasteiger partial charge is 0.238 e. The topological polar surface area (TPSA) is 72.2 Å². The Hall–Kier alpha value is -1.07. The van der Waals surface area contributed by atoms with Gasteiger partial charge in [0.05, 0.1) is 4.90 Å². The van der Waals surface area contributed by atoms with Crippen molar-refractivity contribution in [3.63, 3.8) is 0 Å². The van der Waals surface area contributed by atoms with E-state index in [2.05, 4.69) is 26.1 Å². The Labute approximate surface area is 96.9 Å². The maximum Gasteiger partial charge on any atom is 0.238 e. The number of benzene rings is 1. The molecule has 0 unspecified atom stereocenters. The highest BCUT2D eigenvalue weighted by molar-refractivity contribution is 7.89. The average Bonchev–Trinajstić information content (AvgIpc) is 2.13. The van der Waals surface area contributed by atoms with Crippen LogP contribution in [0.15, 0.2) is 29.2 Å². The molecule has 3 N–H and O–H groups in total. The molecule has 1 aromatic rings. The normalized spacial score (nSPS) is 12.5. The van der Waals surface area contributed by atoms with Gasteiger partial charge in [-0.2, -0.15) is 0 Å². The molecule has 0 bridgehead atoms. The second-order valence-corrected chi connectivity index (χ2v) is 6.55. The minimum absolute atomic E-state index is 0.131. The molecule has 0 aliphatic rings. The minimum atomic E-state index is -3.62. The Morgan fingerprint density at radius 3 is 2.44 bits per heavy atom. The highest BCUT2D eigenvalue weighted by Crippen LogP contribution is 2.17. The van der Waals surface area contributed by atoms with Crippen LogP contribution in [0.4, 0.5) is 5.69 Å². The first kappa shape index (κ1) is 13.0. The van der Waals surface area contributed by atoms with Gasteiger partial charge < -0.3 is 5.32 Å². The number of sulfonamides is 1. The van der Waals surface area contributed by atoms with Crippen molar-refractivity contribution < 1.29 is 8.42 Å². The third kappa shape index (κ3) is 4.20. The largest absolute Gasteiger partial charge is 0.384 e. The first-order valence-electron chi connectivity index (χ1n) is 5.05. The maximum absolute atomic E-state index is 11.1. The number of primary sulfonamides is 1. The Morgan fingerprint density at radius 2 is 1.94 bits per heavy atom. The van der Waals surface area contributed by atoms with Crippen molar-refractivity contribution in [3.8, 4) is 0 Å². The summed E-state index contributed by atoms with van der Waals surface area (Å²) in [6.07, 6.45) is 0. The molecule has 5 heteroatoms. The van der Waals surface area contributed by atoms with Crippen molar-refractivity contribution in [2.45, 2.75) is 25.7 Å². The molecule has 0 amide bonds. The molecule has 0 aromatic heterocycles. The van der Waals surface area contributed by atoms with Gasteiger partial charge in [-0.05, 0) is 23.6 Å². The van der Waals surface area contributed by atoms with E-state index < -0.39 is 10.0 Å². The van der Waals surface area contributed by atoms with Crippen LogP contribution in [0.3, 0.4) is 0 Å². The molecule has 90 valence electrons. The van der Waals surface area contributed by atoms with E-state index in [-0.39, 0.29) is 10.3 Å². The van der Waals surface area contributed by atoms with E-state index >= 15 is 0 Å². The van der Waals surface area contributed by atoms with Crippen LogP contribution in [0.2, 0.25) is 0 Å². The zero-order valence-corrected chi connectivity index (χ0v) is 10.6. The van der Waals surface area contributed by atoms with E-state index in [0.717, 1.165) is 12.2 Å². The molecule has 0 fully saturated rings. The summed E-state index contributed by atoms with van der Waals surface area (Å²) in [5, 5.41) is 8.23. The second kappa shape index (κ2) is 4.43. The highest BCUT2D eigenvalue weighted by Gasteiger charge is 2.11. The predicted octanol–water partition coefficient (Wildman–Crippen LogP) is 1.79. The van der Waals surface area contributed by atoms with Crippen LogP contribution in [0.1, 0.15) is 20.8 Å². The van der Waals surface area contributed by atoms with Crippen LogP contribution in [0, 0.1) is 5.41 Å². The van der Waals surface area contributed by atoms with Crippen molar-refractivity contribution in [1.29, 1.82) is 0 Å². The van der Waals surface area contributed by atoms with Gasteiger partial charge in [-0.1, -0.05) is 26.8 Å². The molecular weight excluding hydrogens is 224 g/mol. The Bertz CT molecular complexity index is 461. The van der Waals surface area contributed by atoms with Crippen LogP contribution < -0.4 is 10.5 Å². The number of anilines is 1. The zero-order valence-electron chi connectivity index (χ0n) is 9.82. The van der Waals surface area contributed by atoms with Gasteiger partial charge in [0.1, 0.15) is 0 Å². The molecule has 4 nitrogen and oxygen atoms in total. The molecule has 0 heterocycles. The first-order chi connectivity index (χ1) is 7.18. The fourth-order valence-electron chi connectivity index (χ4n) is 1.15. The van der Waals surface area contributed by atoms with Crippen molar-refractivity contribution in [1.82, 2.24) is 0 Å². The van der Waals surface area contributed by atoms with E-state index in [1.54, 1.807) is 12.1 Å². The van der Waals surface area contributed by atoms with Gasteiger partial charge in [0.25, 0.3) is 0 Å². The number of nitrogens with one attached hydrogen (secondary N) is 1. The van der Waals surface area contributed by atoms with E-state index in [0.29, 0.717) is 0 Å². The second-order valence-electron chi connectivity index (χ2n) is 4.99. The summed E-state index contributed by atoms with van der Waals surface area (Å²) < 4.78 is 22.3. The van der Waals surface area contributed by atoms with Crippen LogP contribution in [-0.4, -0.2) is 15.0 Å². The molecule has 0 aliphatic carbocycles. The third-order valence-electron chi connectivity index (χ3n) is 1.99. The lowest BCUT2D eigenvalue weighted by molar-refractivity contribution is 0.443. The summed E-state index contributed by atoms with van der Waals surface area (Å²) in [6.45, 7) is 7.07. The highest BCUT2D eigenvalue weighted by atomic mass is 32.2. The SMILES string of the molecule is CC(C)(C)CNc1cccc(S(N)(=O)=O)c1. The molecule has 0 saturated carbocycles. The van der Waals surface area contributed by atoms with E-state index in [1.807, 2.05) is 6.07 Å². The summed E-state index contributed by atoms with van der Waals surface area (Å²) in [5.74, 6) is 0. The van der Waals surface area contributed by atoms with Crippen molar-refractivity contribution in [2.75, 3.05) is 11.9 Å². The molecular formula is C11H18N2O2S. The number of hydrogen-bond donors (Lipinski definition) is 2.